The molecule has 1 nitrogen and oxygen atoms in total. The van der Waals surface area contributed by atoms with Crippen LogP contribution in [0.2, 0.25) is 5.02 Å². The monoisotopic (exact) mass is 333 g/mol. The van der Waals surface area contributed by atoms with E-state index < -0.39 is 0 Å². The Bertz CT molecular complexity index is 746. The number of fused-ring (bicyclic) bond motifs is 1. The first-order chi connectivity index (χ1) is 9.13. The Morgan fingerprint density at radius 2 is 1.95 bits per heavy atom. The smallest absolute Gasteiger partial charge is 0.0490 e. The molecular formula is C16H13BrClN. The highest BCUT2D eigenvalue weighted by Crippen LogP contribution is 2.24. The van der Waals surface area contributed by atoms with E-state index >= 15 is 0 Å². The summed E-state index contributed by atoms with van der Waals surface area (Å²) in [5, 5.41) is 2.06. The minimum atomic E-state index is 0.791. The van der Waals surface area contributed by atoms with Crippen LogP contribution in [0.4, 0.5) is 0 Å². The van der Waals surface area contributed by atoms with Crippen molar-refractivity contribution in [3.8, 4) is 0 Å². The number of nitrogens with zero attached hydrogens (tertiary/aromatic N) is 1. The van der Waals surface area contributed by atoms with Crippen molar-refractivity contribution in [2.75, 3.05) is 0 Å². The molecule has 0 spiro atoms. The van der Waals surface area contributed by atoms with Crippen LogP contribution in [0.25, 0.3) is 10.9 Å². The number of hydrogen-bond acceptors (Lipinski definition) is 0. The maximum absolute atomic E-state index is 6.29. The van der Waals surface area contributed by atoms with E-state index in [-0.39, 0.29) is 0 Å². The molecule has 3 aromatic rings. The summed E-state index contributed by atoms with van der Waals surface area (Å²) in [5.74, 6) is 0. The predicted octanol–water partition coefficient (Wildman–Crippen LogP) is 5.41. The highest BCUT2D eigenvalue weighted by Gasteiger charge is 2.05. The lowest BCUT2D eigenvalue weighted by Crippen LogP contribution is -1.98. The fourth-order valence-corrected chi connectivity index (χ4v) is 3.00. The summed E-state index contributed by atoms with van der Waals surface area (Å²) < 4.78 is 3.24. The van der Waals surface area contributed by atoms with Crippen LogP contribution in [0, 0.1) is 6.92 Å². The minimum Gasteiger partial charge on any atom is -0.343 e. The van der Waals surface area contributed by atoms with Gasteiger partial charge in [0.05, 0.1) is 0 Å². The van der Waals surface area contributed by atoms with Crippen molar-refractivity contribution in [2.24, 2.45) is 0 Å². The van der Waals surface area contributed by atoms with Gasteiger partial charge in [-0.25, -0.2) is 0 Å². The molecule has 0 fully saturated rings. The summed E-state index contributed by atoms with van der Waals surface area (Å²) in [4.78, 5) is 0. The molecule has 0 saturated carbocycles. The first kappa shape index (κ1) is 12.8. The molecule has 0 unspecified atom stereocenters. The van der Waals surface area contributed by atoms with E-state index in [0.29, 0.717) is 0 Å². The quantitative estimate of drug-likeness (QED) is 0.590. The molecule has 0 aliphatic carbocycles. The topological polar surface area (TPSA) is 4.93 Å². The maximum atomic E-state index is 6.29. The molecule has 3 rings (SSSR count). The zero-order valence-electron chi connectivity index (χ0n) is 10.5. The van der Waals surface area contributed by atoms with Crippen LogP contribution in [0.5, 0.6) is 0 Å². The Morgan fingerprint density at radius 1 is 1.11 bits per heavy atom. The standard InChI is InChI=1S/C16H13BrClN/c1-11-2-3-12-6-7-19(16(12)8-11)10-13-4-5-14(17)9-15(13)18/h2-9H,10H2,1H3. The molecule has 96 valence electrons. The molecule has 19 heavy (non-hydrogen) atoms. The first-order valence-electron chi connectivity index (χ1n) is 6.13. The van der Waals surface area contributed by atoms with Gasteiger partial charge in [0.1, 0.15) is 0 Å². The minimum absolute atomic E-state index is 0.791. The second-order valence-electron chi connectivity index (χ2n) is 4.74. The number of aryl methyl sites for hydroxylation is 1. The van der Waals surface area contributed by atoms with Crippen molar-refractivity contribution in [2.45, 2.75) is 13.5 Å². The fourth-order valence-electron chi connectivity index (χ4n) is 2.27. The third-order valence-corrected chi connectivity index (χ3v) is 4.13. The zero-order valence-corrected chi connectivity index (χ0v) is 12.9. The highest BCUT2D eigenvalue weighted by atomic mass is 79.9. The molecule has 0 aliphatic heterocycles. The molecule has 0 amide bonds. The molecule has 0 N–H and O–H groups in total. The molecule has 0 saturated heterocycles. The lowest BCUT2D eigenvalue weighted by molar-refractivity contribution is 0.836. The van der Waals surface area contributed by atoms with E-state index in [9.17, 15) is 0 Å². The van der Waals surface area contributed by atoms with Gasteiger partial charge in [0.25, 0.3) is 0 Å². The van der Waals surface area contributed by atoms with Gasteiger partial charge in [0.2, 0.25) is 0 Å². The number of benzene rings is 2. The average molecular weight is 335 g/mol. The van der Waals surface area contributed by atoms with Crippen molar-refractivity contribution >= 4 is 38.4 Å². The SMILES string of the molecule is Cc1ccc2ccn(Cc3ccc(Br)cc3Cl)c2c1. The van der Waals surface area contributed by atoms with Gasteiger partial charge in [-0.15, -0.1) is 0 Å². The lowest BCUT2D eigenvalue weighted by atomic mass is 10.2. The molecule has 2 aromatic carbocycles. The van der Waals surface area contributed by atoms with E-state index in [1.165, 1.54) is 16.5 Å². The number of aromatic nitrogens is 1. The van der Waals surface area contributed by atoms with Gasteiger partial charge in [-0.1, -0.05) is 45.7 Å². The summed E-state index contributed by atoms with van der Waals surface area (Å²) >= 11 is 9.72. The van der Waals surface area contributed by atoms with Crippen LogP contribution in [0.1, 0.15) is 11.1 Å². The van der Waals surface area contributed by atoms with E-state index in [1.807, 2.05) is 12.1 Å². The molecule has 3 heteroatoms. The van der Waals surface area contributed by atoms with E-state index in [4.69, 9.17) is 11.6 Å². The van der Waals surface area contributed by atoms with Gasteiger partial charge in [0.15, 0.2) is 0 Å². The van der Waals surface area contributed by atoms with Crippen LogP contribution >= 0.6 is 27.5 Å². The summed E-state index contributed by atoms with van der Waals surface area (Å²) in [5.41, 5.74) is 3.65. The maximum Gasteiger partial charge on any atom is 0.0490 e. The Balaban J connectivity index is 2.03. The molecule has 0 aliphatic rings. The van der Waals surface area contributed by atoms with Crippen LogP contribution in [0.15, 0.2) is 53.1 Å². The van der Waals surface area contributed by atoms with Gasteiger partial charge in [0, 0.05) is 27.8 Å². The van der Waals surface area contributed by atoms with Crippen molar-refractivity contribution in [1.82, 2.24) is 4.57 Å². The van der Waals surface area contributed by atoms with Crippen LogP contribution in [-0.4, -0.2) is 4.57 Å². The largest absolute Gasteiger partial charge is 0.343 e. The van der Waals surface area contributed by atoms with Crippen molar-refractivity contribution in [1.29, 1.82) is 0 Å². The number of halogens is 2. The third-order valence-electron chi connectivity index (χ3n) is 3.29. The predicted molar refractivity (Wildman–Crippen MR) is 84.9 cm³/mol. The highest BCUT2D eigenvalue weighted by molar-refractivity contribution is 9.10. The van der Waals surface area contributed by atoms with Crippen LogP contribution in [-0.2, 0) is 6.54 Å². The van der Waals surface area contributed by atoms with Gasteiger partial charge in [-0.3, -0.25) is 0 Å². The van der Waals surface area contributed by atoms with Gasteiger partial charge >= 0.3 is 0 Å². The second kappa shape index (κ2) is 5.03. The summed E-state index contributed by atoms with van der Waals surface area (Å²) in [7, 11) is 0. The second-order valence-corrected chi connectivity index (χ2v) is 6.06. The van der Waals surface area contributed by atoms with Crippen LogP contribution < -0.4 is 0 Å². The Labute approximate surface area is 125 Å². The van der Waals surface area contributed by atoms with Crippen molar-refractivity contribution in [3.63, 3.8) is 0 Å². The van der Waals surface area contributed by atoms with Crippen molar-refractivity contribution < 1.29 is 0 Å². The lowest BCUT2D eigenvalue weighted by Gasteiger charge is -2.08. The average Bonchev–Trinajstić information content (AvgIpc) is 2.75. The Hall–Kier alpha value is -1.25. The molecule has 1 aromatic heterocycles. The van der Waals surface area contributed by atoms with Crippen molar-refractivity contribution in [3.05, 3.63) is 69.3 Å². The van der Waals surface area contributed by atoms with E-state index in [0.717, 1.165) is 21.6 Å². The summed E-state index contributed by atoms with van der Waals surface area (Å²) in [6, 6.07) is 14.7. The van der Waals surface area contributed by atoms with E-state index in [2.05, 4.69) is 63.9 Å². The number of hydrogen-bond donors (Lipinski definition) is 0. The third kappa shape index (κ3) is 2.56. The summed E-state index contributed by atoms with van der Waals surface area (Å²) in [6.45, 7) is 2.91. The molecular weight excluding hydrogens is 322 g/mol. The Morgan fingerprint density at radius 3 is 2.74 bits per heavy atom. The van der Waals surface area contributed by atoms with Gasteiger partial charge < -0.3 is 4.57 Å². The van der Waals surface area contributed by atoms with Gasteiger partial charge in [-0.05, 0) is 47.7 Å². The molecule has 1 heterocycles. The Kier molecular flexibility index (Phi) is 3.38. The molecule has 0 atom stereocenters. The first-order valence-corrected chi connectivity index (χ1v) is 7.30. The van der Waals surface area contributed by atoms with Gasteiger partial charge in [-0.2, -0.15) is 0 Å². The summed E-state index contributed by atoms with van der Waals surface area (Å²) in [6.07, 6.45) is 2.11. The zero-order chi connectivity index (χ0) is 13.4. The normalized spacial score (nSPS) is 11.1. The molecule has 0 bridgehead atoms. The fraction of sp³-hybridized carbons (Fsp3) is 0.125. The van der Waals surface area contributed by atoms with E-state index in [1.54, 1.807) is 0 Å². The molecule has 0 radical (unpaired) electrons. The number of rotatable bonds is 2. The van der Waals surface area contributed by atoms with Crippen LogP contribution in [0.3, 0.4) is 0 Å².